The van der Waals surface area contributed by atoms with Crippen LogP contribution in [-0.4, -0.2) is 55.9 Å². The summed E-state index contributed by atoms with van der Waals surface area (Å²) in [6.07, 6.45) is 9.58. The monoisotopic (exact) mass is 419 g/mol. The Hall–Kier alpha value is -3.09. The number of amides is 2. The van der Waals surface area contributed by atoms with E-state index in [0.29, 0.717) is 25.6 Å². The van der Waals surface area contributed by atoms with Gasteiger partial charge in [0, 0.05) is 45.5 Å². The number of aliphatic imine (C=N–C) groups is 1. The molecule has 2 fully saturated rings. The first-order chi connectivity index (χ1) is 15.2. The van der Waals surface area contributed by atoms with E-state index in [-0.39, 0.29) is 35.5 Å². The van der Waals surface area contributed by atoms with Crippen molar-refractivity contribution in [2.75, 3.05) is 38.1 Å². The van der Waals surface area contributed by atoms with Crippen molar-refractivity contribution in [1.29, 1.82) is 0 Å². The number of carbonyl (C=O) groups excluding carboxylic acids is 2. The molecule has 5 rings (SSSR count). The Morgan fingerprint density at radius 3 is 2.26 bits per heavy atom. The molecule has 2 amide bonds. The Morgan fingerprint density at radius 1 is 1.00 bits per heavy atom. The van der Waals surface area contributed by atoms with Crippen LogP contribution in [0.1, 0.15) is 12.0 Å². The molecular weight excluding hydrogens is 390 g/mol. The number of likely N-dealkylation sites (tertiary alicyclic amines) is 1. The molecular formula is C24H29N5O2. The van der Waals surface area contributed by atoms with Crippen LogP contribution in [0.2, 0.25) is 0 Å². The molecule has 1 aromatic rings. The lowest BCUT2D eigenvalue weighted by Crippen LogP contribution is -2.43. The lowest BCUT2D eigenvalue weighted by Gasteiger charge is -2.19. The second-order valence-electron chi connectivity index (χ2n) is 8.72. The van der Waals surface area contributed by atoms with Gasteiger partial charge >= 0.3 is 0 Å². The minimum Gasteiger partial charge on any atom is -0.364 e. The molecule has 1 aromatic carbocycles. The summed E-state index contributed by atoms with van der Waals surface area (Å²) < 4.78 is 0. The highest BCUT2D eigenvalue weighted by Crippen LogP contribution is 2.52. The minimum atomic E-state index is -0.126. The Bertz CT molecular complexity index is 913. The van der Waals surface area contributed by atoms with Gasteiger partial charge in [0.05, 0.1) is 11.8 Å². The number of allylic oxidation sites excluding steroid dienone is 2. The Morgan fingerprint density at radius 2 is 1.65 bits per heavy atom. The van der Waals surface area contributed by atoms with Gasteiger partial charge in [0.15, 0.2) is 5.96 Å². The molecule has 2 aliphatic carbocycles. The summed E-state index contributed by atoms with van der Waals surface area (Å²) >= 11 is 0. The fraction of sp³-hybridized carbons (Fsp3) is 0.458. The molecule has 4 unspecified atom stereocenters. The molecule has 2 aliphatic heterocycles. The maximum atomic E-state index is 12.8. The van der Waals surface area contributed by atoms with Crippen LogP contribution in [0.15, 0.2) is 53.6 Å². The number of benzene rings is 1. The van der Waals surface area contributed by atoms with Crippen LogP contribution >= 0.6 is 0 Å². The third-order valence-corrected chi connectivity index (χ3v) is 6.99. The van der Waals surface area contributed by atoms with Gasteiger partial charge in [-0.1, -0.05) is 36.4 Å². The molecule has 1 saturated carbocycles. The molecule has 0 radical (unpaired) electrons. The molecule has 2 bridgehead atoms. The molecule has 7 nitrogen and oxygen atoms in total. The SMILES string of the molecule is CN=C(NCCN1C(=O)C2C3C=CC(C3)C2C1=O)NCc1ccc(N2CC=CC2)cc1. The highest BCUT2D eigenvalue weighted by Gasteiger charge is 2.58. The first-order valence-corrected chi connectivity index (χ1v) is 11.1. The van der Waals surface area contributed by atoms with Crippen molar-refractivity contribution < 1.29 is 9.59 Å². The number of imide groups is 1. The summed E-state index contributed by atoms with van der Waals surface area (Å²) in [7, 11) is 1.72. The van der Waals surface area contributed by atoms with Crippen LogP contribution in [-0.2, 0) is 16.1 Å². The van der Waals surface area contributed by atoms with Gasteiger partial charge in [-0.25, -0.2) is 0 Å². The van der Waals surface area contributed by atoms with Gasteiger partial charge in [-0.15, -0.1) is 0 Å². The van der Waals surface area contributed by atoms with E-state index in [1.54, 1.807) is 7.05 Å². The minimum absolute atomic E-state index is 0.00453. The second kappa shape index (κ2) is 8.21. The number of nitrogens with one attached hydrogen (secondary N) is 2. The van der Waals surface area contributed by atoms with Crippen molar-refractivity contribution in [2.45, 2.75) is 13.0 Å². The van der Waals surface area contributed by atoms with Crippen molar-refractivity contribution in [3.05, 3.63) is 54.1 Å². The summed E-state index contributed by atoms with van der Waals surface area (Å²) in [6.45, 7) is 3.45. The number of carbonyl (C=O) groups is 2. The van der Waals surface area contributed by atoms with Gasteiger partial charge in [-0.05, 0) is 36.0 Å². The van der Waals surface area contributed by atoms with E-state index in [1.165, 1.54) is 16.2 Å². The van der Waals surface area contributed by atoms with Gasteiger partial charge in [-0.3, -0.25) is 19.5 Å². The van der Waals surface area contributed by atoms with E-state index in [4.69, 9.17) is 0 Å². The summed E-state index contributed by atoms with van der Waals surface area (Å²) in [5, 5.41) is 6.53. The number of fused-ring (bicyclic) bond motifs is 5. The topological polar surface area (TPSA) is 77.0 Å². The van der Waals surface area contributed by atoms with Gasteiger partial charge in [0.25, 0.3) is 0 Å². The van der Waals surface area contributed by atoms with Crippen molar-refractivity contribution in [3.8, 4) is 0 Å². The molecule has 162 valence electrons. The number of rotatable bonds is 6. The van der Waals surface area contributed by atoms with Crippen molar-refractivity contribution in [1.82, 2.24) is 15.5 Å². The standard InChI is InChI=1S/C24H29N5O2/c1-25-24(27-15-16-4-8-19(9-5-16)28-11-2-3-12-28)26-10-13-29-22(30)20-17-6-7-18(14-17)21(20)23(29)31/h2-9,17-18,20-21H,10-15H2,1H3,(H2,25,26,27). The lowest BCUT2D eigenvalue weighted by molar-refractivity contribution is -0.140. The van der Waals surface area contributed by atoms with Crippen LogP contribution in [0.3, 0.4) is 0 Å². The Balaban J connectivity index is 1.09. The number of guanidine groups is 1. The number of nitrogens with zero attached hydrogens (tertiary/aromatic N) is 3. The van der Waals surface area contributed by atoms with Crippen molar-refractivity contribution in [3.63, 3.8) is 0 Å². The third-order valence-electron chi connectivity index (χ3n) is 6.99. The van der Waals surface area contributed by atoms with E-state index in [0.717, 1.165) is 19.5 Å². The molecule has 0 spiro atoms. The molecule has 7 heteroatoms. The van der Waals surface area contributed by atoms with Crippen molar-refractivity contribution in [2.24, 2.45) is 28.7 Å². The summed E-state index contributed by atoms with van der Waals surface area (Å²) in [5.74, 6) is 0.932. The average Bonchev–Trinajstić information content (AvgIpc) is 3.58. The zero-order valence-corrected chi connectivity index (χ0v) is 17.8. The molecule has 4 aliphatic rings. The van der Waals surface area contributed by atoms with E-state index in [1.807, 2.05) is 0 Å². The Kier molecular flexibility index (Phi) is 5.26. The average molecular weight is 420 g/mol. The zero-order valence-electron chi connectivity index (χ0n) is 17.8. The summed E-state index contributed by atoms with van der Waals surface area (Å²) in [5.41, 5.74) is 2.39. The van der Waals surface area contributed by atoms with Crippen LogP contribution in [0.5, 0.6) is 0 Å². The highest BCUT2D eigenvalue weighted by atomic mass is 16.2. The van der Waals surface area contributed by atoms with E-state index >= 15 is 0 Å². The molecule has 0 aromatic heterocycles. The van der Waals surface area contributed by atoms with E-state index in [2.05, 4.69) is 69.1 Å². The van der Waals surface area contributed by atoms with Gasteiger partial charge in [0.1, 0.15) is 0 Å². The summed E-state index contributed by atoms with van der Waals surface area (Å²) in [4.78, 5) is 33.5. The molecule has 1 saturated heterocycles. The second-order valence-corrected chi connectivity index (χ2v) is 8.72. The molecule has 2 heterocycles. The summed E-state index contributed by atoms with van der Waals surface area (Å²) in [6, 6.07) is 8.53. The van der Waals surface area contributed by atoms with Gasteiger partial charge in [-0.2, -0.15) is 0 Å². The van der Waals surface area contributed by atoms with Gasteiger partial charge < -0.3 is 15.5 Å². The first kappa shape index (κ1) is 19.8. The quantitative estimate of drug-likeness (QED) is 0.317. The van der Waals surface area contributed by atoms with Crippen molar-refractivity contribution >= 4 is 23.5 Å². The fourth-order valence-corrected chi connectivity index (χ4v) is 5.39. The number of hydrogen-bond acceptors (Lipinski definition) is 4. The van der Waals surface area contributed by atoms with Crippen LogP contribution in [0, 0.1) is 23.7 Å². The molecule has 2 N–H and O–H groups in total. The van der Waals surface area contributed by atoms with E-state index in [9.17, 15) is 9.59 Å². The maximum Gasteiger partial charge on any atom is 0.233 e. The smallest absolute Gasteiger partial charge is 0.233 e. The largest absolute Gasteiger partial charge is 0.364 e. The number of anilines is 1. The van der Waals surface area contributed by atoms with Crippen LogP contribution in [0.25, 0.3) is 0 Å². The normalized spacial score (nSPS) is 28.7. The highest BCUT2D eigenvalue weighted by molar-refractivity contribution is 6.06. The van der Waals surface area contributed by atoms with Crippen LogP contribution < -0.4 is 15.5 Å². The molecule has 31 heavy (non-hydrogen) atoms. The van der Waals surface area contributed by atoms with Crippen LogP contribution in [0.4, 0.5) is 5.69 Å². The van der Waals surface area contributed by atoms with Gasteiger partial charge in [0.2, 0.25) is 11.8 Å². The predicted octanol–water partition coefficient (Wildman–Crippen LogP) is 1.53. The Labute approximate surface area is 182 Å². The van der Waals surface area contributed by atoms with E-state index < -0.39 is 0 Å². The number of hydrogen-bond donors (Lipinski definition) is 2. The molecule has 4 atom stereocenters. The fourth-order valence-electron chi connectivity index (χ4n) is 5.39. The predicted molar refractivity (Wildman–Crippen MR) is 120 cm³/mol. The first-order valence-electron chi connectivity index (χ1n) is 11.1. The lowest BCUT2D eigenvalue weighted by atomic mass is 9.85. The zero-order chi connectivity index (χ0) is 21.4. The third kappa shape index (κ3) is 3.62. The maximum absolute atomic E-state index is 12.8.